The third-order valence-corrected chi connectivity index (χ3v) is 4.91. The molecule has 35 heavy (non-hydrogen) atoms. The van der Waals surface area contributed by atoms with Gasteiger partial charge in [-0.3, -0.25) is 10.2 Å². The van der Waals surface area contributed by atoms with Crippen molar-refractivity contribution in [3.05, 3.63) is 101 Å². The largest absolute Gasteiger partial charge is 0.449 e. The quantitative estimate of drug-likeness (QED) is 0.168. The monoisotopic (exact) mass is 471 g/mol. The van der Waals surface area contributed by atoms with Gasteiger partial charge in [0.1, 0.15) is 11.6 Å². The molecule has 0 fully saturated rings. The highest BCUT2D eigenvalue weighted by atomic mass is 16.6. The Morgan fingerprint density at radius 2 is 1.51 bits per heavy atom. The van der Waals surface area contributed by atoms with Crippen LogP contribution in [0.4, 0.5) is 10.5 Å². The highest BCUT2D eigenvalue weighted by Gasteiger charge is 2.25. The topological polar surface area (TPSA) is 123 Å². The summed E-state index contributed by atoms with van der Waals surface area (Å²) < 4.78 is 10.4. The smallest absolute Gasteiger partial charge is 0.421 e. The highest BCUT2D eigenvalue weighted by Crippen LogP contribution is 2.20. The second-order valence-electron chi connectivity index (χ2n) is 7.45. The zero-order valence-electron chi connectivity index (χ0n) is 19.4. The molecule has 0 aliphatic heterocycles. The van der Waals surface area contributed by atoms with Gasteiger partial charge >= 0.3 is 12.1 Å². The minimum atomic E-state index is -0.758. The molecule has 0 heterocycles. The summed E-state index contributed by atoms with van der Waals surface area (Å²) in [7, 11) is 0. The van der Waals surface area contributed by atoms with Crippen molar-refractivity contribution in [2.75, 3.05) is 11.5 Å². The van der Waals surface area contributed by atoms with Crippen molar-refractivity contribution in [3.63, 3.8) is 0 Å². The number of nitrogens with one attached hydrogen (secondary N) is 1. The van der Waals surface area contributed by atoms with E-state index in [2.05, 4.69) is 0 Å². The fourth-order valence-corrected chi connectivity index (χ4v) is 3.14. The van der Waals surface area contributed by atoms with Crippen LogP contribution in [0.2, 0.25) is 0 Å². The number of rotatable bonds is 7. The molecule has 0 saturated carbocycles. The van der Waals surface area contributed by atoms with Crippen molar-refractivity contribution in [3.8, 4) is 5.75 Å². The summed E-state index contributed by atoms with van der Waals surface area (Å²) in [5.74, 6) is -0.826. The van der Waals surface area contributed by atoms with Crippen LogP contribution in [-0.2, 0) is 9.53 Å². The van der Waals surface area contributed by atoms with Crippen LogP contribution in [0.5, 0.6) is 5.75 Å². The number of nitrogens with zero attached hydrogens (tertiary/aromatic N) is 1. The Labute approximate surface area is 203 Å². The number of amidine groups is 1. The predicted molar refractivity (Wildman–Crippen MR) is 133 cm³/mol. The van der Waals surface area contributed by atoms with Gasteiger partial charge in [-0.05, 0) is 74.0 Å². The summed E-state index contributed by atoms with van der Waals surface area (Å²) in [5, 5.41) is 7.40. The first-order chi connectivity index (χ1) is 16.8. The average molecular weight is 472 g/mol. The minimum absolute atomic E-state index is 0.0746. The van der Waals surface area contributed by atoms with Gasteiger partial charge in [-0.1, -0.05) is 30.3 Å². The van der Waals surface area contributed by atoms with Crippen LogP contribution in [0.25, 0.3) is 6.08 Å². The van der Waals surface area contributed by atoms with Crippen molar-refractivity contribution in [2.24, 2.45) is 5.73 Å². The summed E-state index contributed by atoms with van der Waals surface area (Å²) in [6.45, 7) is 3.41. The van der Waals surface area contributed by atoms with E-state index in [0.29, 0.717) is 33.7 Å². The fraction of sp³-hybridized carbons (Fsp3) is 0.111. The van der Waals surface area contributed by atoms with Crippen LogP contribution in [0.1, 0.15) is 35.3 Å². The van der Waals surface area contributed by atoms with Crippen LogP contribution in [0.15, 0.2) is 84.4 Å². The zero-order chi connectivity index (χ0) is 25.4. The molecule has 0 unspecified atom stereocenters. The fourth-order valence-electron chi connectivity index (χ4n) is 3.14. The molecule has 178 valence electrons. The van der Waals surface area contributed by atoms with Gasteiger partial charge in [0, 0.05) is 11.1 Å². The van der Waals surface area contributed by atoms with Gasteiger partial charge < -0.3 is 15.2 Å². The highest BCUT2D eigenvalue weighted by molar-refractivity contribution is 6.20. The molecule has 3 rings (SSSR count). The van der Waals surface area contributed by atoms with E-state index < -0.39 is 18.0 Å². The number of carbonyl (C=O) groups excluding carboxylic acids is 3. The van der Waals surface area contributed by atoms with E-state index in [1.54, 1.807) is 98.8 Å². The first-order valence-electron chi connectivity index (χ1n) is 10.8. The van der Waals surface area contributed by atoms with Crippen molar-refractivity contribution in [1.29, 1.82) is 5.41 Å². The van der Waals surface area contributed by atoms with Crippen molar-refractivity contribution < 1.29 is 23.9 Å². The first kappa shape index (κ1) is 24.9. The van der Waals surface area contributed by atoms with E-state index in [1.807, 2.05) is 0 Å². The maximum Gasteiger partial charge on any atom is 0.421 e. The van der Waals surface area contributed by atoms with Crippen LogP contribution >= 0.6 is 0 Å². The number of hydrogen-bond donors (Lipinski definition) is 2. The lowest BCUT2D eigenvalue weighted by atomic mass is 10.1. The number of nitrogens with two attached hydrogens (primary N) is 1. The zero-order valence-corrected chi connectivity index (χ0v) is 19.4. The van der Waals surface area contributed by atoms with E-state index in [4.69, 9.17) is 20.6 Å². The Hall–Kier alpha value is -4.72. The van der Waals surface area contributed by atoms with E-state index in [9.17, 15) is 14.4 Å². The molecule has 8 nitrogen and oxygen atoms in total. The third kappa shape index (κ3) is 6.42. The summed E-state index contributed by atoms with van der Waals surface area (Å²) in [6, 6.07) is 21.3. The van der Waals surface area contributed by atoms with Crippen molar-refractivity contribution in [2.45, 2.75) is 13.8 Å². The van der Waals surface area contributed by atoms with Gasteiger partial charge in [-0.25, -0.2) is 14.5 Å². The van der Waals surface area contributed by atoms with Gasteiger partial charge in [0.15, 0.2) is 0 Å². The summed E-state index contributed by atoms with van der Waals surface area (Å²) in [5.41, 5.74) is 7.64. The number of hydrogen-bond acceptors (Lipinski definition) is 6. The summed E-state index contributed by atoms with van der Waals surface area (Å²) >= 11 is 0. The van der Waals surface area contributed by atoms with Gasteiger partial charge in [0.05, 0.1) is 17.9 Å². The molecule has 2 amide bonds. The number of carbonyl (C=O) groups is 3. The molecule has 0 aliphatic rings. The average Bonchev–Trinajstić information content (AvgIpc) is 2.85. The van der Waals surface area contributed by atoms with Gasteiger partial charge in [0.25, 0.3) is 5.91 Å². The van der Waals surface area contributed by atoms with Gasteiger partial charge in [-0.2, -0.15) is 0 Å². The van der Waals surface area contributed by atoms with Crippen molar-refractivity contribution >= 4 is 35.6 Å². The van der Waals surface area contributed by atoms with Crippen LogP contribution in [-0.4, -0.2) is 30.4 Å². The van der Waals surface area contributed by atoms with E-state index in [1.165, 1.54) is 0 Å². The Morgan fingerprint density at radius 3 is 2.09 bits per heavy atom. The normalized spacial score (nSPS) is 10.9. The third-order valence-electron chi connectivity index (χ3n) is 4.91. The number of nitrogen functional groups attached to an aromatic ring is 1. The molecule has 0 radical (unpaired) electrons. The maximum atomic E-state index is 13.1. The number of benzene rings is 3. The lowest BCUT2D eigenvalue weighted by Crippen LogP contribution is -2.38. The molecule has 0 saturated heterocycles. The number of ether oxygens (including phenoxy) is 2. The number of imide groups is 1. The Balaban J connectivity index is 1.74. The molecule has 0 aromatic heterocycles. The first-order valence-corrected chi connectivity index (χ1v) is 10.8. The van der Waals surface area contributed by atoms with E-state index >= 15 is 0 Å². The van der Waals surface area contributed by atoms with Crippen LogP contribution in [0, 0.1) is 5.41 Å². The second-order valence-corrected chi connectivity index (χ2v) is 7.45. The molecule has 0 atom stereocenters. The Bertz CT molecular complexity index is 1250. The summed E-state index contributed by atoms with van der Waals surface area (Å²) in [4.78, 5) is 38.9. The molecule has 8 heteroatoms. The summed E-state index contributed by atoms with van der Waals surface area (Å²) in [6.07, 6.45) is 0.860. The molecule has 0 aliphatic carbocycles. The SMILES string of the molecule is CCOC(=O)N(C(=O)C(C)=Cc1ccc(C(=O)Oc2ccc(C(=N)N)cc2)cc1)c1ccccc1. The number of para-hydroxylation sites is 1. The number of anilines is 1. The standard InChI is InChI=1S/C27H25N3O5/c1-3-34-27(33)30(22-7-5-4-6-8-22)25(31)18(2)17-19-9-11-21(12-10-19)26(32)35-23-15-13-20(14-16-23)24(28)29/h4-17H,3H2,1-2H3,(H3,28,29). The van der Waals surface area contributed by atoms with Crippen molar-refractivity contribution in [1.82, 2.24) is 0 Å². The lowest BCUT2D eigenvalue weighted by molar-refractivity contribution is -0.114. The molecule has 3 aromatic carbocycles. The second kappa shape index (κ2) is 11.4. The molecule has 0 bridgehead atoms. The van der Waals surface area contributed by atoms with Gasteiger partial charge in [-0.15, -0.1) is 0 Å². The minimum Gasteiger partial charge on any atom is -0.449 e. The molecular weight excluding hydrogens is 446 g/mol. The van der Waals surface area contributed by atoms with Gasteiger partial charge in [0.2, 0.25) is 0 Å². The molecule has 3 N–H and O–H groups in total. The van der Waals surface area contributed by atoms with Crippen LogP contribution in [0.3, 0.4) is 0 Å². The Kier molecular flexibility index (Phi) is 8.13. The predicted octanol–water partition coefficient (Wildman–Crippen LogP) is 4.78. The van der Waals surface area contributed by atoms with E-state index in [0.717, 1.165) is 4.90 Å². The Morgan fingerprint density at radius 1 is 0.914 bits per heavy atom. The lowest BCUT2D eigenvalue weighted by Gasteiger charge is -2.20. The molecule has 3 aromatic rings. The van der Waals surface area contributed by atoms with Crippen LogP contribution < -0.4 is 15.4 Å². The number of amides is 2. The van der Waals surface area contributed by atoms with E-state index in [-0.39, 0.29) is 12.4 Å². The molecule has 0 spiro atoms. The molecular formula is C27H25N3O5. The number of esters is 1. The maximum absolute atomic E-state index is 13.1.